The molecule has 3 aromatic rings. The van der Waals surface area contributed by atoms with Crippen LogP contribution < -0.4 is 15.4 Å². The fourth-order valence-electron chi connectivity index (χ4n) is 2.72. The van der Waals surface area contributed by atoms with E-state index in [0.717, 1.165) is 0 Å². The van der Waals surface area contributed by atoms with E-state index >= 15 is 0 Å². The SMILES string of the molecule is CCNS(=O)(=O)c1ccc(C(=O)Nc2ccccc2C(=O)NCc2ccco2)cc1. The van der Waals surface area contributed by atoms with E-state index in [-0.39, 0.29) is 29.5 Å². The third-order valence-electron chi connectivity index (χ3n) is 4.18. The van der Waals surface area contributed by atoms with Gasteiger partial charge in [-0.1, -0.05) is 19.1 Å². The van der Waals surface area contributed by atoms with Crippen LogP contribution in [-0.4, -0.2) is 26.8 Å². The summed E-state index contributed by atoms with van der Waals surface area (Å²) in [6.45, 7) is 2.17. The summed E-state index contributed by atoms with van der Waals surface area (Å²) in [5.74, 6) is -0.222. The number of hydrogen-bond donors (Lipinski definition) is 3. The maximum Gasteiger partial charge on any atom is 0.255 e. The van der Waals surface area contributed by atoms with Crippen LogP contribution in [0.5, 0.6) is 0 Å². The Balaban J connectivity index is 1.72. The van der Waals surface area contributed by atoms with Gasteiger partial charge in [-0.15, -0.1) is 0 Å². The first-order chi connectivity index (χ1) is 14.4. The number of rotatable bonds is 8. The summed E-state index contributed by atoms with van der Waals surface area (Å²) in [5.41, 5.74) is 0.892. The standard InChI is InChI=1S/C21H21N3O5S/c1-2-23-30(27,28)17-11-9-15(10-12-17)20(25)24-19-8-4-3-7-18(19)21(26)22-14-16-6-5-13-29-16/h3-13,23H,2,14H2,1H3,(H,22,26)(H,24,25). The minimum Gasteiger partial charge on any atom is -0.467 e. The van der Waals surface area contributed by atoms with Gasteiger partial charge >= 0.3 is 0 Å². The van der Waals surface area contributed by atoms with Gasteiger partial charge in [0.25, 0.3) is 11.8 Å². The quantitative estimate of drug-likeness (QED) is 0.511. The summed E-state index contributed by atoms with van der Waals surface area (Å²) >= 11 is 0. The van der Waals surface area contributed by atoms with E-state index in [1.54, 1.807) is 43.3 Å². The Morgan fingerprint density at radius 3 is 2.33 bits per heavy atom. The Morgan fingerprint density at radius 1 is 0.933 bits per heavy atom. The third-order valence-corrected chi connectivity index (χ3v) is 5.75. The average molecular weight is 427 g/mol. The van der Waals surface area contributed by atoms with Crippen molar-refractivity contribution >= 4 is 27.5 Å². The van der Waals surface area contributed by atoms with Crippen molar-refractivity contribution in [2.24, 2.45) is 0 Å². The second kappa shape index (κ2) is 9.38. The second-order valence-corrected chi connectivity index (χ2v) is 8.05. The van der Waals surface area contributed by atoms with Gasteiger partial charge in [-0.25, -0.2) is 13.1 Å². The maximum atomic E-state index is 12.6. The van der Waals surface area contributed by atoms with Crippen LogP contribution in [0.1, 0.15) is 33.4 Å². The predicted molar refractivity (Wildman–Crippen MR) is 112 cm³/mol. The number of carbonyl (C=O) groups excluding carboxylic acids is 2. The molecular formula is C21H21N3O5S. The molecular weight excluding hydrogens is 406 g/mol. The van der Waals surface area contributed by atoms with Gasteiger partial charge < -0.3 is 15.1 Å². The Labute approximate surface area is 174 Å². The van der Waals surface area contributed by atoms with Crippen LogP contribution in [-0.2, 0) is 16.6 Å². The van der Waals surface area contributed by atoms with Gasteiger partial charge in [-0.05, 0) is 48.5 Å². The van der Waals surface area contributed by atoms with Crippen LogP contribution in [0.15, 0.2) is 76.2 Å². The Kier molecular flexibility index (Phi) is 6.65. The molecule has 0 atom stereocenters. The van der Waals surface area contributed by atoms with Crippen LogP contribution in [0.2, 0.25) is 0 Å². The Hall–Kier alpha value is -3.43. The molecule has 1 heterocycles. The number of anilines is 1. The monoisotopic (exact) mass is 427 g/mol. The molecule has 3 N–H and O–H groups in total. The fraction of sp³-hybridized carbons (Fsp3) is 0.143. The minimum absolute atomic E-state index is 0.0682. The molecule has 0 spiro atoms. The van der Waals surface area contributed by atoms with Crippen molar-refractivity contribution in [2.75, 3.05) is 11.9 Å². The van der Waals surface area contributed by atoms with Crippen molar-refractivity contribution in [3.63, 3.8) is 0 Å². The number of amides is 2. The first kappa shape index (κ1) is 21.3. The van der Waals surface area contributed by atoms with Crippen molar-refractivity contribution in [2.45, 2.75) is 18.4 Å². The van der Waals surface area contributed by atoms with E-state index in [0.29, 0.717) is 17.0 Å². The zero-order chi connectivity index (χ0) is 21.6. The average Bonchev–Trinajstić information content (AvgIpc) is 3.26. The van der Waals surface area contributed by atoms with Gasteiger partial charge in [0, 0.05) is 12.1 Å². The topological polar surface area (TPSA) is 118 Å². The smallest absolute Gasteiger partial charge is 0.255 e. The van der Waals surface area contributed by atoms with Crippen molar-refractivity contribution in [1.29, 1.82) is 0 Å². The molecule has 2 amide bonds. The number of sulfonamides is 1. The van der Waals surface area contributed by atoms with Crippen molar-refractivity contribution in [1.82, 2.24) is 10.0 Å². The molecule has 0 aliphatic carbocycles. The molecule has 0 aliphatic heterocycles. The van der Waals surface area contributed by atoms with E-state index in [9.17, 15) is 18.0 Å². The molecule has 2 aromatic carbocycles. The number of para-hydroxylation sites is 1. The minimum atomic E-state index is -3.60. The fourth-order valence-corrected chi connectivity index (χ4v) is 3.76. The molecule has 0 unspecified atom stereocenters. The summed E-state index contributed by atoms with van der Waals surface area (Å²) in [6.07, 6.45) is 1.52. The number of hydrogen-bond acceptors (Lipinski definition) is 5. The van der Waals surface area contributed by atoms with Crippen LogP contribution >= 0.6 is 0 Å². The van der Waals surface area contributed by atoms with E-state index in [1.807, 2.05) is 0 Å². The van der Waals surface area contributed by atoms with Crippen molar-refractivity contribution in [3.05, 3.63) is 83.8 Å². The molecule has 0 saturated heterocycles. The predicted octanol–water partition coefficient (Wildman–Crippen LogP) is 2.76. The van der Waals surface area contributed by atoms with Gasteiger partial charge in [0.05, 0.1) is 29.0 Å². The van der Waals surface area contributed by atoms with Crippen LogP contribution in [0.3, 0.4) is 0 Å². The molecule has 156 valence electrons. The molecule has 0 bridgehead atoms. The van der Waals surface area contributed by atoms with E-state index in [4.69, 9.17) is 4.42 Å². The zero-order valence-corrected chi connectivity index (χ0v) is 17.0. The molecule has 8 nitrogen and oxygen atoms in total. The summed E-state index contributed by atoms with van der Waals surface area (Å²) < 4.78 is 31.6. The van der Waals surface area contributed by atoms with Crippen molar-refractivity contribution in [3.8, 4) is 0 Å². The highest BCUT2D eigenvalue weighted by atomic mass is 32.2. The van der Waals surface area contributed by atoms with Gasteiger partial charge in [0.2, 0.25) is 10.0 Å². The zero-order valence-electron chi connectivity index (χ0n) is 16.2. The molecule has 9 heteroatoms. The van der Waals surface area contributed by atoms with E-state index in [2.05, 4.69) is 15.4 Å². The highest BCUT2D eigenvalue weighted by Gasteiger charge is 2.16. The van der Waals surface area contributed by atoms with Crippen LogP contribution in [0.4, 0.5) is 5.69 Å². The maximum absolute atomic E-state index is 12.6. The van der Waals surface area contributed by atoms with E-state index in [1.165, 1.54) is 30.5 Å². The normalized spacial score (nSPS) is 11.1. The van der Waals surface area contributed by atoms with E-state index < -0.39 is 15.9 Å². The lowest BCUT2D eigenvalue weighted by molar-refractivity contribution is 0.0949. The summed E-state index contributed by atoms with van der Waals surface area (Å²) in [7, 11) is -3.60. The molecule has 0 saturated carbocycles. The number of carbonyl (C=O) groups is 2. The highest BCUT2D eigenvalue weighted by molar-refractivity contribution is 7.89. The molecule has 0 aliphatic rings. The van der Waals surface area contributed by atoms with Gasteiger partial charge in [-0.2, -0.15) is 0 Å². The molecule has 0 fully saturated rings. The number of nitrogens with one attached hydrogen (secondary N) is 3. The lowest BCUT2D eigenvalue weighted by Crippen LogP contribution is -2.25. The molecule has 3 rings (SSSR count). The Morgan fingerprint density at radius 2 is 1.67 bits per heavy atom. The van der Waals surface area contributed by atoms with Gasteiger partial charge in [0.1, 0.15) is 5.76 Å². The van der Waals surface area contributed by atoms with Gasteiger partial charge in [0.15, 0.2) is 0 Å². The van der Waals surface area contributed by atoms with Gasteiger partial charge in [-0.3, -0.25) is 9.59 Å². The summed E-state index contributed by atoms with van der Waals surface area (Å²) in [4.78, 5) is 25.2. The number of benzene rings is 2. The lowest BCUT2D eigenvalue weighted by atomic mass is 10.1. The molecule has 0 radical (unpaired) electrons. The highest BCUT2D eigenvalue weighted by Crippen LogP contribution is 2.18. The Bertz CT molecular complexity index is 1120. The molecule has 30 heavy (non-hydrogen) atoms. The largest absolute Gasteiger partial charge is 0.467 e. The third kappa shape index (κ3) is 5.13. The molecule has 1 aromatic heterocycles. The number of furan rings is 1. The second-order valence-electron chi connectivity index (χ2n) is 6.29. The van der Waals surface area contributed by atoms with Crippen LogP contribution in [0.25, 0.3) is 0 Å². The first-order valence-corrected chi connectivity index (χ1v) is 10.7. The lowest BCUT2D eigenvalue weighted by Gasteiger charge is -2.11. The van der Waals surface area contributed by atoms with Crippen molar-refractivity contribution < 1.29 is 22.4 Å². The van der Waals surface area contributed by atoms with Crippen LogP contribution in [0, 0.1) is 0 Å². The summed E-state index contributed by atoms with van der Waals surface area (Å²) in [5, 5.41) is 5.43. The summed E-state index contributed by atoms with van der Waals surface area (Å²) in [6, 6.07) is 15.6. The first-order valence-electron chi connectivity index (χ1n) is 9.21.